The number of aryl methyl sites for hydroxylation is 1. The number of piperidine rings is 1. The zero-order chi connectivity index (χ0) is 19.3. The van der Waals surface area contributed by atoms with E-state index < -0.39 is 17.4 Å². The molecule has 3 heterocycles. The Morgan fingerprint density at radius 3 is 2.70 bits per heavy atom. The van der Waals surface area contributed by atoms with Crippen LogP contribution in [0.4, 0.5) is 0 Å². The van der Waals surface area contributed by atoms with Gasteiger partial charge in [-0.2, -0.15) is 5.10 Å². The molecule has 1 atom stereocenters. The first-order valence-corrected chi connectivity index (χ1v) is 9.53. The predicted molar refractivity (Wildman–Crippen MR) is 101 cm³/mol. The van der Waals surface area contributed by atoms with Crippen molar-refractivity contribution in [2.45, 2.75) is 31.3 Å². The van der Waals surface area contributed by atoms with Crippen LogP contribution < -0.4 is 0 Å². The average Bonchev–Trinajstić information content (AvgIpc) is 3.08. The highest BCUT2D eigenvalue weighted by molar-refractivity contribution is 6.35. The largest absolute Gasteiger partial charge is 0.481 e. The van der Waals surface area contributed by atoms with E-state index in [4.69, 9.17) is 11.6 Å². The SMILES string of the molecule is CN1C(=O)CC(C(=O)O)C12CCN(Cc1nn(C)c3cccc(Cl)c13)CC2. The van der Waals surface area contributed by atoms with Crippen LogP contribution in [0.5, 0.6) is 0 Å². The van der Waals surface area contributed by atoms with Gasteiger partial charge in [0.15, 0.2) is 0 Å². The van der Waals surface area contributed by atoms with Crippen LogP contribution >= 0.6 is 11.6 Å². The molecule has 1 amide bonds. The van der Waals surface area contributed by atoms with E-state index in [9.17, 15) is 14.7 Å². The summed E-state index contributed by atoms with van der Waals surface area (Å²) >= 11 is 6.40. The van der Waals surface area contributed by atoms with Gasteiger partial charge in [0.25, 0.3) is 0 Å². The maximum absolute atomic E-state index is 12.1. The van der Waals surface area contributed by atoms with Crippen molar-refractivity contribution in [3.63, 3.8) is 0 Å². The van der Waals surface area contributed by atoms with Crippen molar-refractivity contribution in [1.29, 1.82) is 0 Å². The molecule has 144 valence electrons. The molecule has 7 nitrogen and oxygen atoms in total. The number of benzene rings is 1. The van der Waals surface area contributed by atoms with Crippen molar-refractivity contribution in [2.75, 3.05) is 20.1 Å². The Hall–Kier alpha value is -2.12. The Kier molecular flexibility index (Phi) is 4.39. The highest BCUT2D eigenvalue weighted by Gasteiger charge is 2.55. The normalized spacial score (nSPS) is 22.9. The Labute approximate surface area is 162 Å². The second-order valence-corrected chi connectivity index (χ2v) is 8.04. The number of hydrogen-bond acceptors (Lipinski definition) is 4. The van der Waals surface area contributed by atoms with Crippen LogP contribution in [0.3, 0.4) is 0 Å². The van der Waals surface area contributed by atoms with Gasteiger partial charge in [-0.1, -0.05) is 17.7 Å². The first-order chi connectivity index (χ1) is 12.8. The molecule has 0 bridgehead atoms. The number of hydrogen-bond donors (Lipinski definition) is 1. The highest BCUT2D eigenvalue weighted by atomic mass is 35.5. The molecule has 2 saturated heterocycles. The lowest BCUT2D eigenvalue weighted by Gasteiger charge is -2.45. The number of carboxylic acids is 1. The summed E-state index contributed by atoms with van der Waals surface area (Å²) in [7, 11) is 3.65. The number of carbonyl (C=O) groups is 2. The number of rotatable bonds is 3. The molecular formula is C19H23ClN4O3. The first kappa shape index (κ1) is 18.3. The smallest absolute Gasteiger partial charge is 0.309 e. The van der Waals surface area contributed by atoms with Gasteiger partial charge in [-0.3, -0.25) is 19.2 Å². The van der Waals surface area contributed by atoms with E-state index >= 15 is 0 Å². The number of carboxylic acid groups (broad SMARTS) is 1. The summed E-state index contributed by atoms with van der Waals surface area (Å²) in [5.41, 5.74) is 1.36. The molecule has 0 radical (unpaired) electrons. The molecule has 1 unspecified atom stereocenters. The maximum atomic E-state index is 12.1. The second kappa shape index (κ2) is 6.49. The first-order valence-electron chi connectivity index (χ1n) is 9.15. The van der Waals surface area contributed by atoms with E-state index in [-0.39, 0.29) is 12.3 Å². The van der Waals surface area contributed by atoms with Crippen molar-refractivity contribution < 1.29 is 14.7 Å². The Balaban J connectivity index is 1.54. The van der Waals surface area contributed by atoms with Crippen LogP contribution in [0.15, 0.2) is 18.2 Å². The minimum atomic E-state index is -0.872. The lowest BCUT2D eigenvalue weighted by molar-refractivity contribution is -0.146. The van der Waals surface area contributed by atoms with E-state index in [2.05, 4.69) is 10.00 Å². The van der Waals surface area contributed by atoms with E-state index in [1.54, 1.807) is 11.9 Å². The number of nitrogens with zero attached hydrogens (tertiary/aromatic N) is 4. The van der Waals surface area contributed by atoms with Gasteiger partial charge >= 0.3 is 5.97 Å². The van der Waals surface area contributed by atoms with Gasteiger partial charge in [-0.05, 0) is 25.0 Å². The number of fused-ring (bicyclic) bond motifs is 1. The lowest BCUT2D eigenvalue weighted by Crippen LogP contribution is -2.55. The molecule has 1 spiro atoms. The zero-order valence-corrected chi connectivity index (χ0v) is 16.2. The fraction of sp³-hybridized carbons (Fsp3) is 0.526. The van der Waals surface area contributed by atoms with Gasteiger partial charge in [0.2, 0.25) is 5.91 Å². The van der Waals surface area contributed by atoms with E-state index in [0.29, 0.717) is 24.4 Å². The third-order valence-electron chi connectivity index (χ3n) is 6.36. The van der Waals surface area contributed by atoms with Crippen molar-refractivity contribution >= 4 is 34.4 Å². The minimum Gasteiger partial charge on any atom is -0.481 e. The average molecular weight is 391 g/mol. The zero-order valence-electron chi connectivity index (χ0n) is 15.5. The van der Waals surface area contributed by atoms with Gasteiger partial charge in [-0.15, -0.1) is 0 Å². The van der Waals surface area contributed by atoms with E-state index in [1.807, 2.05) is 29.9 Å². The van der Waals surface area contributed by atoms with Crippen LogP contribution in [-0.4, -0.2) is 62.2 Å². The predicted octanol–water partition coefficient (Wildman–Crippen LogP) is 2.12. The van der Waals surface area contributed by atoms with Crippen LogP contribution in [0.1, 0.15) is 25.0 Å². The Bertz CT molecular complexity index is 917. The highest BCUT2D eigenvalue weighted by Crippen LogP contribution is 2.43. The molecule has 27 heavy (non-hydrogen) atoms. The van der Waals surface area contributed by atoms with Crippen LogP contribution in [0.25, 0.3) is 10.9 Å². The van der Waals surface area contributed by atoms with Crippen molar-refractivity contribution in [3.8, 4) is 0 Å². The van der Waals surface area contributed by atoms with Crippen LogP contribution in [0.2, 0.25) is 5.02 Å². The number of amides is 1. The molecule has 0 aliphatic carbocycles. The standard InChI is InChI=1S/C19H23ClN4O3/c1-22-16(25)10-12(18(26)27)19(22)6-8-24(9-7-19)11-14-17-13(20)4-3-5-15(17)23(2)21-14/h3-5,12H,6-11H2,1-2H3,(H,26,27). The topological polar surface area (TPSA) is 78.7 Å². The summed E-state index contributed by atoms with van der Waals surface area (Å²) in [5, 5.41) is 15.9. The molecule has 8 heteroatoms. The molecule has 2 aromatic rings. The van der Waals surface area contributed by atoms with Crippen molar-refractivity contribution in [1.82, 2.24) is 19.6 Å². The van der Waals surface area contributed by atoms with Gasteiger partial charge < -0.3 is 10.0 Å². The Morgan fingerprint density at radius 2 is 2.04 bits per heavy atom. The molecule has 2 fully saturated rings. The summed E-state index contributed by atoms with van der Waals surface area (Å²) in [6.07, 6.45) is 1.42. The molecule has 2 aliphatic rings. The fourth-order valence-electron chi connectivity index (χ4n) is 4.76. The van der Waals surface area contributed by atoms with Crippen molar-refractivity contribution in [3.05, 3.63) is 28.9 Å². The summed E-state index contributed by atoms with van der Waals surface area (Å²) in [6.45, 7) is 2.11. The van der Waals surface area contributed by atoms with Gasteiger partial charge in [0.1, 0.15) is 0 Å². The maximum Gasteiger partial charge on any atom is 0.309 e. The summed E-state index contributed by atoms with van der Waals surface area (Å²) in [4.78, 5) is 27.8. The molecule has 0 saturated carbocycles. The molecule has 2 aliphatic heterocycles. The third kappa shape index (κ3) is 2.80. The van der Waals surface area contributed by atoms with Gasteiger partial charge in [0.05, 0.1) is 27.7 Å². The number of carbonyl (C=O) groups excluding carboxylic acids is 1. The van der Waals surface area contributed by atoms with E-state index in [0.717, 1.165) is 29.7 Å². The molecule has 1 aromatic heterocycles. The van der Waals surface area contributed by atoms with Gasteiger partial charge in [0, 0.05) is 45.5 Å². The number of halogens is 1. The number of aromatic nitrogens is 2. The van der Waals surface area contributed by atoms with Crippen LogP contribution in [0, 0.1) is 5.92 Å². The summed E-state index contributed by atoms with van der Waals surface area (Å²) in [6, 6.07) is 5.79. The van der Waals surface area contributed by atoms with Crippen molar-refractivity contribution in [2.24, 2.45) is 13.0 Å². The number of aliphatic carboxylic acids is 1. The molecule has 1 aromatic carbocycles. The summed E-state index contributed by atoms with van der Waals surface area (Å²) < 4.78 is 1.84. The lowest BCUT2D eigenvalue weighted by atomic mass is 9.77. The van der Waals surface area contributed by atoms with E-state index in [1.165, 1.54) is 0 Å². The molecule has 1 N–H and O–H groups in total. The summed E-state index contributed by atoms with van der Waals surface area (Å²) in [5.74, 6) is -1.57. The minimum absolute atomic E-state index is 0.0710. The monoisotopic (exact) mass is 390 g/mol. The fourth-order valence-corrected chi connectivity index (χ4v) is 5.04. The molecule has 4 rings (SSSR count). The third-order valence-corrected chi connectivity index (χ3v) is 6.68. The quantitative estimate of drug-likeness (QED) is 0.868. The van der Waals surface area contributed by atoms with Crippen LogP contribution in [-0.2, 0) is 23.2 Å². The second-order valence-electron chi connectivity index (χ2n) is 7.63. The van der Waals surface area contributed by atoms with Gasteiger partial charge in [-0.25, -0.2) is 0 Å². The molecular weight excluding hydrogens is 368 g/mol. The Morgan fingerprint density at radius 1 is 1.33 bits per heavy atom. The number of likely N-dealkylation sites (tertiary alicyclic amines) is 2.